The summed E-state index contributed by atoms with van der Waals surface area (Å²) in [6, 6.07) is 13.2. The van der Waals surface area contributed by atoms with Crippen LogP contribution in [-0.2, 0) is 11.2 Å². The van der Waals surface area contributed by atoms with Crippen LogP contribution in [-0.4, -0.2) is 52.5 Å². The highest BCUT2D eigenvalue weighted by Gasteiger charge is 2.44. The second kappa shape index (κ2) is 8.57. The van der Waals surface area contributed by atoms with Crippen molar-refractivity contribution < 1.29 is 19.2 Å². The summed E-state index contributed by atoms with van der Waals surface area (Å²) in [6.45, 7) is -2.59. The standard InChI is InChI=1S/C23H26BN3O3.H2S/c1-27(2)10-8-19-13-18(5-6-22(19)24(27,29)30)21(14-25)23(28)12-16-3-4-20-15-26-9-7-17(20)11-16;/h3-11,13,15,21,29-30H,12,14,25H2,1-2H3;1H2/t21-;/m1./s1. The van der Waals surface area contributed by atoms with Crippen molar-refractivity contribution in [3.8, 4) is 0 Å². The number of benzene rings is 2. The van der Waals surface area contributed by atoms with E-state index in [1.165, 1.54) is 0 Å². The van der Waals surface area contributed by atoms with Crippen LogP contribution in [0.1, 0.15) is 22.6 Å². The average molecular weight is 437 g/mol. The molecule has 0 saturated heterocycles. The third-order valence-corrected chi connectivity index (χ3v) is 6.20. The van der Waals surface area contributed by atoms with E-state index in [4.69, 9.17) is 5.73 Å². The van der Waals surface area contributed by atoms with Crippen molar-refractivity contribution in [2.24, 2.45) is 5.73 Å². The first kappa shape index (κ1) is 23.2. The smallest absolute Gasteiger partial charge is 0.502 e. The van der Waals surface area contributed by atoms with Gasteiger partial charge in [-0.15, -0.1) is 0 Å². The van der Waals surface area contributed by atoms with E-state index in [9.17, 15) is 14.8 Å². The fourth-order valence-corrected chi connectivity index (χ4v) is 4.08. The van der Waals surface area contributed by atoms with Crippen LogP contribution in [0.5, 0.6) is 0 Å². The van der Waals surface area contributed by atoms with Crippen molar-refractivity contribution in [2.75, 3.05) is 20.6 Å². The van der Waals surface area contributed by atoms with Crippen LogP contribution in [0.4, 0.5) is 0 Å². The number of hydrogen-bond donors (Lipinski definition) is 3. The molecule has 0 bridgehead atoms. The normalized spacial score (nSPS) is 16.9. The number of hydrogen-bond acceptors (Lipinski definition) is 5. The summed E-state index contributed by atoms with van der Waals surface area (Å²) in [7, 11) is 3.47. The van der Waals surface area contributed by atoms with Gasteiger partial charge in [0, 0.05) is 44.8 Å². The van der Waals surface area contributed by atoms with E-state index in [-0.39, 0.29) is 36.6 Å². The number of carbonyl (C=O) groups excluding carboxylic acids is 1. The average Bonchev–Trinajstić information content (AvgIpc) is 2.72. The number of quaternary nitrogens is 1. The van der Waals surface area contributed by atoms with Crippen molar-refractivity contribution >= 4 is 48.3 Å². The first-order valence-corrected chi connectivity index (χ1v) is 10.0. The van der Waals surface area contributed by atoms with Gasteiger partial charge < -0.3 is 20.2 Å². The molecule has 0 spiro atoms. The second-order valence-corrected chi connectivity index (χ2v) is 8.56. The van der Waals surface area contributed by atoms with E-state index in [1.54, 1.807) is 44.8 Å². The summed E-state index contributed by atoms with van der Waals surface area (Å²) in [5.74, 6) is -0.424. The zero-order chi connectivity index (χ0) is 21.5. The summed E-state index contributed by atoms with van der Waals surface area (Å²) in [6.07, 6.45) is 7.43. The maximum atomic E-state index is 13.1. The van der Waals surface area contributed by atoms with Gasteiger partial charge in [0.1, 0.15) is 5.78 Å². The lowest BCUT2D eigenvalue weighted by Gasteiger charge is -2.47. The summed E-state index contributed by atoms with van der Waals surface area (Å²) in [4.78, 5) is 17.2. The highest BCUT2D eigenvalue weighted by atomic mass is 32.1. The van der Waals surface area contributed by atoms with Crippen molar-refractivity contribution in [3.63, 3.8) is 0 Å². The lowest BCUT2D eigenvalue weighted by Crippen LogP contribution is -2.71. The lowest BCUT2D eigenvalue weighted by atomic mass is 9.57. The molecular weight excluding hydrogens is 409 g/mol. The molecule has 1 aliphatic heterocycles. The maximum absolute atomic E-state index is 13.1. The van der Waals surface area contributed by atoms with Crippen LogP contribution in [0.15, 0.2) is 61.1 Å². The van der Waals surface area contributed by atoms with Crippen molar-refractivity contribution in [1.82, 2.24) is 4.98 Å². The van der Waals surface area contributed by atoms with Gasteiger partial charge in [-0.3, -0.25) is 9.78 Å². The van der Waals surface area contributed by atoms with Gasteiger partial charge in [-0.1, -0.05) is 41.9 Å². The lowest BCUT2D eigenvalue weighted by molar-refractivity contribution is -0.750. The molecule has 2 aromatic carbocycles. The third-order valence-electron chi connectivity index (χ3n) is 6.20. The van der Waals surface area contributed by atoms with Crippen molar-refractivity contribution in [2.45, 2.75) is 12.3 Å². The zero-order valence-electron chi connectivity index (χ0n) is 17.7. The zero-order valence-corrected chi connectivity index (χ0v) is 18.7. The molecular formula is C23H28BN3O3S. The number of ketones is 1. The van der Waals surface area contributed by atoms with E-state index >= 15 is 0 Å². The Balaban J connectivity index is 0.00000272. The molecule has 1 aromatic heterocycles. The number of rotatable bonds is 5. The van der Waals surface area contributed by atoms with E-state index in [2.05, 4.69) is 4.98 Å². The Morgan fingerprint density at radius 1 is 1.13 bits per heavy atom. The minimum atomic E-state index is -2.78. The van der Waals surface area contributed by atoms with Crippen LogP contribution >= 0.6 is 13.5 Å². The monoisotopic (exact) mass is 437 g/mol. The molecule has 4 rings (SSSR count). The van der Waals surface area contributed by atoms with Gasteiger partial charge >= 0.3 is 6.69 Å². The Morgan fingerprint density at radius 2 is 1.90 bits per heavy atom. The number of carbonyl (C=O) groups is 1. The van der Waals surface area contributed by atoms with Gasteiger partial charge in [0.2, 0.25) is 0 Å². The second-order valence-electron chi connectivity index (χ2n) is 8.56. The Bertz CT molecular complexity index is 1160. The molecule has 1 aliphatic rings. The van der Waals surface area contributed by atoms with E-state index in [0.29, 0.717) is 11.0 Å². The molecule has 1 atom stereocenters. The fourth-order valence-electron chi connectivity index (χ4n) is 4.08. The third kappa shape index (κ3) is 4.17. The SMILES string of the molecule is C[N+]1(C)C=Cc2cc([C@@H](CN)C(=O)Cc3ccc4cnccc4c3)ccc2[B-]1(O)O.S. The fraction of sp³-hybridized carbons (Fsp3) is 0.217. The van der Waals surface area contributed by atoms with Gasteiger partial charge in [0.15, 0.2) is 0 Å². The largest absolute Gasteiger partial charge is 0.524 e. The summed E-state index contributed by atoms with van der Waals surface area (Å²) >= 11 is 0. The molecule has 31 heavy (non-hydrogen) atoms. The van der Waals surface area contributed by atoms with Gasteiger partial charge in [-0.25, -0.2) is 0 Å². The molecule has 0 fully saturated rings. The van der Waals surface area contributed by atoms with E-state index < -0.39 is 12.6 Å². The molecule has 0 unspecified atom stereocenters. The first-order chi connectivity index (χ1) is 14.2. The minimum Gasteiger partial charge on any atom is -0.524 e. The number of pyridine rings is 1. The predicted octanol–water partition coefficient (Wildman–Crippen LogP) is 1.39. The van der Waals surface area contributed by atoms with Crippen molar-refractivity contribution in [1.29, 1.82) is 0 Å². The minimum absolute atomic E-state index is 0. The quantitative estimate of drug-likeness (QED) is 0.525. The van der Waals surface area contributed by atoms with Crippen LogP contribution in [0, 0.1) is 0 Å². The molecule has 0 saturated carbocycles. The highest BCUT2D eigenvalue weighted by Crippen LogP contribution is 2.26. The number of aromatic nitrogens is 1. The Hall–Kier alpha value is -2.49. The van der Waals surface area contributed by atoms with Crippen LogP contribution in [0.3, 0.4) is 0 Å². The molecule has 162 valence electrons. The molecule has 4 N–H and O–H groups in total. The Morgan fingerprint density at radius 3 is 2.65 bits per heavy atom. The summed E-state index contributed by atoms with van der Waals surface area (Å²) in [5.41, 5.74) is 8.87. The van der Waals surface area contributed by atoms with Crippen LogP contribution in [0.25, 0.3) is 16.8 Å². The van der Waals surface area contributed by atoms with Gasteiger partial charge in [0.05, 0.1) is 12.1 Å². The molecule has 6 nitrogen and oxygen atoms in total. The Kier molecular flexibility index (Phi) is 6.41. The number of fused-ring (bicyclic) bond motifs is 2. The topological polar surface area (TPSA) is 96.4 Å². The first-order valence-electron chi connectivity index (χ1n) is 10.0. The number of nitrogens with two attached hydrogens (primary N) is 1. The van der Waals surface area contributed by atoms with Crippen LogP contribution in [0.2, 0.25) is 0 Å². The molecule has 0 aliphatic carbocycles. The van der Waals surface area contributed by atoms with Gasteiger partial charge in [-0.05, 0) is 34.2 Å². The molecule has 0 amide bonds. The molecule has 2 heterocycles. The molecule has 8 heteroatoms. The molecule has 0 radical (unpaired) electrons. The molecule has 3 aromatic rings. The van der Waals surface area contributed by atoms with Crippen LogP contribution < -0.4 is 11.2 Å². The van der Waals surface area contributed by atoms with Gasteiger partial charge in [-0.2, -0.15) is 13.5 Å². The number of Topliss-reactive ketones (excluding diaryl/α,β-unsaturated/α-hetero) is 1. The Labute approximate surface area is 189 Å². The number of nitrogens with zero attached hydrogens (tertiary/aromatic N) is 2. The van der Waals surface area contributed by atoms with E-state index in [1.807, 2.05) is 36.4 Å². The van der Waals surface area contributed by atoms with E-state index in [0.717, 1.165) is 21.9 Å². The van der Waals surface area contributed by atoms with Crippen molar-refractivity contribution in [3.05, 3.63) is 77.7 Å². The highest BCUT2D eigenvalue weighted by molar-refractivity contribution is 7.59. The predicted molar refractivity (Wildman–Crippen MR) is 130 cm³/mol. The summed E-state index contributed by atoms with van der Waals surface area (Å²) < 4.78 is -0.0386. The maximum Gasteiger partial charge on any atom is 0.502 e. The van der Waals surface area contributed by atoms with Gasteiger partial charge in [0.25, 0.3) is 0 Å². The summed E-state index contributed by atoms with van der Waals surface area (Å²) in [5, 5.41) is 23.4.